The third kappa shape index (κ3) is 1.99. The predicted molar refractivity (Wildman–Crippen MR) is 42.7 cm³/mol. The molecular formula is C7H10FInNO. The number of hydrogen-bond acceptors (Lipinski definition) is 2. The van der Waals surface area contributed by atoms with Crippen molar-refractivity contribution < 1.29 is 9.13 Å². The summed E-state index contributed by atoms with van der Waals surface area (Å²) >= 11 is -1.21. The van der Waals surface area contributed by atoms with E-state index in [1.54, 1.807) is 0 Å². The Morgan fingerprint density at radius 3 is 3.00 bits per heavy atom. The number of nitrogens with two attached hydrogens (primary N) is 1. The van der Waals surface area contributed by atoms with Crippen LogP contribution in [0.4, 0.5) is 4.39 Å². The van der Waals surface area contributed by atoms with Crippen LogP contribution in [0.25, 0.3) is 0 Å². The summed E-state index contributed by atoms with van der Waals surface area (Å²) in [5, 5.41) is 0. The van der Waals surface area contributed by atoms with Gasteiger partial charge in [0.1, 0.15) is 0 Å². The molecule has 0 unspecified atom stereocenters. The number of halogens is 1. The first-order valence-corrected chi connectivity index (χ1v) is 7.02. The third-order valence-electron chi connectivity index (χ3n) is 1.56. The van der Waals surface area contributed by atoms with Crippen LogP contribution in [0.1, 0.15) is 6.42 Å². The topological polar surface area (TPSA) is 35.2 Å². The van der Waals surface area contributed by atoms with Gasteiger partial charge in [0.25, 0.3) is 0 Å². The van der Waals surface area contributed by atoms with Crippen molar-refractivity contribution in [3.63, 3.8) is 0 Å². The molecule has 1 radical (unpaired) electrons. The van der Waals surface area contributed by atoms with Gasteiger partial charge in [0, 0.05) is 0 Å². The minimum absolute atomic E-state index is 0.00569. The van der Waals surface area contributed by atoms with Crippen LogP contribution in [-0.2, 0) is 4.74 Å². The van der Waals surface area contributed by atoms with E-state index in [1.165, 1.54) is 7.11 Å². The fourth-order valence-corrected chi connectivity index (χ4v) is 4.26. The summed E-state index contributed by atoms with van der Waals surface area (Å²) in [6, 6.07) is 0. The maximum absolute atomic E-state index is 12.9. The summed E-state index contributed by atoms with van der Waals surface area (Å²) in [6.07, 6.45) is 0.739. The van der Waals surface area contributed by atoms with E-state index in [1.807, 2.05) is 3.83 Å². The van der Waals surface area contributed by atoms with E-state index >= 15 is 0 Å². The second-order valence-corrected chi connectivity index (χ2v) is 5.63. The molecule has 4 heteroatoms. The zero-order chi connectivity index (χ0) is 8.27. The summed E-state index contributed by atoms with van der Waals surface area (Å²) < 4.78 is 19.8. The van der Waals surface area contributed by atoms with Crippen LogP contribution in [0.2, 0.25) is 0 Å². The van der Waals surface area contributed by atoms with Gasteiger partial charge in [0.15, 0.2) is 0 Å². The van der Waals surface area contributed by atoms with Gasteiger partial charge in [-0.15, -0.1) is 0 Å². The molecule has 1 heterocycles. The Morgan fingerprint density at radius 2 is 2.45 bits per heavy atom. The minimum atomic E-state index is -1.21. The van der Waals surface area contributed by atoms with E-state index in [-0.39, 0.29) is 3.58 Å². The monoisotopic (exact) mass is 258 g/mol. The Balaban J connectivity index is 2.68. The van der Waals surface area contributed by atoms with E-state index < -0.39 is 22.9 Å². The quantitative estimate of drug-likeness (QED) is 0.809. The van der Waals surface area contributed by atoms with E-state index in [0.717, 1.165) is 12.0 Å². The van der Waals surface area contributed by atoms with E-state index in [9.17, 15) is 4.39 Å². The second kappa shape index (κ2) is 4.16. The molecule has 2 nitrogen and oxygen atoms in total. The average molecular weight is 258 g/mol. The Hall–Kier alpha value is 0.0401. The van der Waals surface area contributed by atoms with Crippen molar-refractivity contribution in [3.8, 4) is 0 Å². The van der Waals surface area contributed by atoms with Gasteiger partial charge in [-0.3, -0.25) is 0 Å². The van der Waals surface area contributed by atoms with Gasteiger partial charge in [0.2, 0.25) is 0 Å². The van der Waals surface area contributed by atoms with Gasteiger partial charge in [-0.2, -0.15) is 0 Å². The molecule has 0 fully saturated rings. The molecule has 59 valence electrons. The molecule has 0 aromatic carbocycles. The molecule has 0 aromatic rings. The van der Waals surface area contributed by atoms with Crippen LogP contribution < -0.4 is 5.73 Å². The van der Waals surface area contributed by atoms with Crippen LogP contribution in [0.3, 0.4) is 0 Å². The van der Waals surface area contributed by atoms with Gasteiger partial charge in [-0.05, 0) is 0 Å². The first-order valence-electron chi connectivity index (χ1n) is 3.47. The van der Waals surface area contributed by atoms with Crippen LogP contribution >= 0.6 is 0 Å². The predicted octanol–water partition coefficient (Wildman–Crippen LogP) is 0.722. The van der Waals surface area contributed by atoms with Gasteiger partial charge < -0.3 is 0 Å². The summed E-state index contributed by atoms with van der Waals surface area (Å²) in [5.41, 5.74) is 6.33. The van der Waals surface area contributed by atoms with Crippen molar-refractivity contribution in [3.05, 3.63) is 18.7 Å². The van der Waals surface area contributed by atoms with Gasteiger partial charge in [-0.1, -0.05) is 0 Å². The summed E-state index contributed by atoms with van der Waals surface area (Å²) in [6.45, 7) is 0.564. The molecule has 0 spiro atoms. The van der Waals surface area contributed by atoms with Crippen LogP contribution in [0.5, 0.6) is 0 Å². The van der Waals surface area contributed by atoms with E-state index in [0.29, 0.717) is 12.3 Å². The molecule has 0 atom stereocenters. The first kappa shape index (κ1) is 9.13. The number of allylic oxidation sites excluding steroid dienone is 1. The van der Waals surface area contributed by atoms with E-state index in [4.69, 9.17) is 10.5 Å². The number of ether oxygens (including phenoxy) is 1. The molecule has 0 saturated carbocycles. The Bertz CT molecular complexity index is 212. The molecular weight excluding hydrogens is 248 g/mol. The molecule has 11 heavy (non-hydrogen) atoms. The normalized spacial score (nSPS) is 16.5. The Labute approximate surface area is 76.6 Å². The van der Waals surface area contributed by atoms with Crippen LogP contribution in [-0.4, -0.2) is 36.6 Å². The fraction of sp³-hybridized carbons (Fsp3) is 0.429. The number of rotatable bonds is 3. The Kier molecular flexibility index (Phi) is 3.46. The summed E-state index contributed by atoms with van der Waals surface area (Å²) in [7, 11) is 1.51. The molecule has 2 N–H and O–H groups in total. The third-order valence-corrected chi connectivity index (χ3v) is 4.76. The van der Waals surface area contributed by atoms with Crippen LogP contribution in [0.15, 0.2) is 18.7 Å². The van der Waals surface area contributed by atoms with Gasteiger partial charge in [-0.25, -0.2) is 0 Å². The fourth-order valence-electron chi connectivity index (χ4n) is 1.06. The van der Waals surface area contributed by atoms with Crippen molar-refractivity contribution in [2.24, 2.45) is 5.73 Å². The van der Waals surface area contributed by atoms with Crippen molar-refractivity contribution in [2.75, 3.05) is 13.7 Å². The maximum atomic E-state index is 12.9. The van der Waals surface area contributed by atoms with Crippen molar-refractivity contribution in [1.29, 1.82) is 0 Å². The molecule has 1 rings (SSSR count). The standard InChI is InChI=1S/C7H10FNO.In/c1-6(3-4-9)7(5-8)10-2;/h1H,3-4,9H2,2H3;. The summed E-state index contributed by atoms with van der Waals surface area (Å²) in [4.78, 5) is 0. The van der Waals surface area contributed by atoms with Crippen molar-refractivity contribution in [2.45, 2.75) is 6.42 Å². The van der Waals surface area contributed by atoms with Crippen molar-refractivity contribution in [1.82, 2.24) is 0 Å². The van der Waals surface area contributed by atoms with Gasteiger partial charge in [0.05, 0.1) is 0 Å². The molecule has 1 aliphatic heterocycles. The molecule has 0 saturated heterocycles. The number of hydrogen-bond donors (Lipinski definition) is 1. The van der Waals surface area contributed by atoms with Crippen LogP contribution in [0, 0.1) is 0 Å². The molecule has 0 amide bonds. The Morgan fingerprint density at radius 1 is 1.73 bits per heavy atom. The SMILES string of the molecule is COC1=[C](F)[In][CH]=C1CCN. The molecule has 0 aliphatic carbocycles. The van der Waals surface area contributed by atoms with Gasteiger partial charge >= 0.3 is 76.6 Å². The van der Waals surface area contributed by atoms with Crippen molar-refractivity contribution >= 4 is 22.9 Å². The van der Waals surface area contributed by atoms with E-state index in [2.05, 4.69) is 0 Å². The zero-order valence-electron chi connectivity index (χ0n) is 6.43. The first-order chi connectivity index (χ1) is 5.29. The molecule has 1 aliphatic rings. The number of methoxy groups -OCH3 is 1. The average Bonchev–Trinajstić information content (AvgIpc) is 2.33. The second-order valence-electron chi connectivity index (χ2n) is 2.28. The summed E-state index contributed by atoms with van der Waals surface area (Å²) in [5.74, 6) is 0.469. The molecule has 0 aromatic heterocycles. The zero-order valence-corrected chi connectivity index (χ0v) is 9.73. The molecule has 0 bridgehead atoms.